The number of nitrogens with one attached hydrogen (secondary N) is 1. The van der Waals surface area contributed by atoms with Crippen LogP contribution in [0.2, 0.25) is 5.02 Å². The number of amides is 1. The number of sulfonamides is 1. The number of rotatable bonds is 7. The van der Waals surface area contributed by atoms with Crippen LogP contribution in [0.25, 0.3) is 0 Å². The lowest BCUT2D eigenvalue weighted by molar-refractivity contribution is -0.139. The Kier molecular flexibility index (Phi) is 6.84. The Hall–Kier alpha value is -2.07. The maximum atomic E-state index is 12.7. The topological polar surface area (TPSA) is 92.8 Å². The van der Waals surface area contributed by atoms with Crippen molar-refractivity contribution in [1.82, 2.24) is 4.72 Å². The van der Waals surface area contributed by atoms with E-state index in [0.717, 1.165) is 10.5 Å². The average molecular weight is 455 g/mol. The first-order valence-electron chi connectivity index (χ1n) is 8.68. The number of anilines is 1. The van der Waals surface area contributed by atoms with Gasteiger partial charge in [0.15, 0.2) is 0 Å². The molecule has 1 N–H and O–H groups in total. The quantitative estimate of drug-likeness (QED) is 0.646. The van der Waals surface area contributed by atoms with Crippen LogP contribution in [0.4, 0.5) is 5.69 Å². The van der Waals surface area contributed by atoms with E-state index in [2.05, 4.69) is 9.46 Å². The van der Waals surface area contributed by atoms with Crippen molar-refractivity contribution >= 4 is 50.9 Å². The second-order valence-corrected chi connectivity index (χ2v) is 9.47. The highest BCUT2D eigenvalue weighted by Crippen LogP contribution is 2.36. The van der Waals surface area contributed by atoms with Crippen molar-refractivity contribution in [1.29, 1.82) is 0 Å². The van der Waals surface area contributed by atoms with E-state index >= 15 is 0 Å². The zero-order chi connectivity index (χ0) is 21.0. The van der Waals surface area contributed by atoms with Crippen LogP contribution in [-0.2, 0) is 30.8 Å². The average Bonchev–Trinajstić information content (AvgIpc) is 2.71. The summed E-state index contributed by atoms with van der Waals surface area (Å²) in [5.41, 5.74) is 1.34. The molecular formula is C19H19ClN2O5S2. The standard InChI is InChI=1S/C19H19ClN2O5S2/c1-27-19(24)11-22-16-10-15(6-7-17(16)28-12-18(22)23)29(25,26)21-9-8-13-2-4-14(20)5-3-13/h2-7,10,21H,8-9,11-12H2,1H3. The maximum Gasteiger partial charge on any atom is 0.325 e. The molecule has 1 aliphatic rings. The summed E-state index contributed by atoms with van der Waals surface area (Å²) >= 11 is 7.15. The first-order valence-corrected chi connectivity index (χ1v) is 11.5. The number of benzene rings is 2. The summed E-state index contributed by atoms with van der Waals surface area (Å²) in [4.78, 5) is 25.9. The zero-order valence-electron chi connectivity index (χ0n) is 15.6. The largest absolute Gasteiger partial charge is 0.468 e. The molecule has 0 fully saturated rings. The highest BCUT2D eigenvalue weighted by atomic mass is 35.5. The number of fused-ring (bicyclic) bond motifs is 1. The molecule has 3 rings (SSSR count). The van der Waals surface area contributed by atoms with E-state index in [1.807, 2.05) is 12.1 Å². The Balaban J connectivity index is 1.76. The lowest BCUT2D eigenvalue weighted by Crippen LogP contribution is -2.40. The van der Waals surface area contributed by atoms with E-state index < -0.39 is 16.0 Å². The van der Waals surface area contributed by atoms with Gasteiger partial charge in [-0.3, -0.25) is 14.5 Å². The fraction of sp³-hybridized carbons (Fsp3) is 0.263. The summed E-state index contributed by atoms with van der Waals surface area (Å²) in [6, 6.07) is 11.7. The molecular weight excluding hydrogens is 436 g/mol. The maximum absolute atomic E-state index is 12.7. The van der Waals surface area contributed by atoms with Crippen LogP contribution in [-0.4, -0.2) is 46.2 Å². The number of hydrogen-bond donors (Lipinski definition) is 1. The molecule has 0 aromatic heterocycles. The van der Waals surface area contributed by atoms with Gasteiger partial charge in [-0.2, -0.15) is 0 Å². The summed E-state index contributed by atoms with van der Waals surface area (Å²) in [6.45, 7) is -0.0585. The fourth-order valence-electron chi connectivity index (χ4n) is 2.78. The van der Waals surface area contributed by atoms with Crippen molar-refractivity contribution in [2.45, 2.75) is 16.2 Å². The Morgan fingerprint density at radius 2 is 1.97 bits per heavy atom. The Morgan fingerprint density at radius 3 is 2.66 bits per heavy atom. The van der Waals surface area contributed by atoms with Gasteiger partial charge in [0.05, 0.1) is 23.4 Å². The van der Waals surface area contributed by atoms with Gasteiger partial charge in [-0.05, 0) is 42.3 Å². The predicted octanol–water partition coefficient (Wildman–Crippen LogP) is 2.47. The van der Waals surface area contributed by atoms with Gasteiger partial charge in [0, 0.05) is 16.5 Å². The molecule has 0 aliphatic carbocycles. The number of esters is 1. The number of halogens is 1. The second-order valence-electron chi connectivity index (χ2n) is 6.25. The van der Waals surface area contributed by atoms with Crippen molar-refractivity contribution in [3.05, 3.63) is 53.1 Å². The Morgan fingerprint density at radius 1 is 1.24 bits per heavy atom. The molecule has 1 heterocycles. The van der Waals surface area contributed by atoms with Gasteiger partial charge in [0.2, 0.25) is 15.9 Å². The smallest absolute Gasteiger partial charge is 0.325 e. The summed E-state index contributed by atoms with van der Waals surface area (Å²) in [7, 11) is -2.55. The number of carbonyl (C=O) groups excluding carboxylic acids is 2. The minimum Gasteiger partial charge on any atom is -0.468 e. The van der Waals surface area contributed by atoms with E-state index in [9.17, 15) is 18.0 Å². The van der Waals surface area contributed by atoms with E-state index in [1.54, 1.807) is 18.2 Å². The number of thioether (sulfide) groups is 1. The van der Waals surface area contributed by atoms with Crippen LogP contribution in [0, 0.1) is 0 Å². The van der Waals surface area contributed by atoms with Crippen molar-refractivity contribution < 1.29 is 22.7 Å². The van der Waals surface area contributed by atoms with Crippen LogP contribution >= 0.6 is 23.4 Å². The van der Waals surface area contributed by atoms with Gasteiger partial charge in [-0.25, -0.2) is 13.1 Å². The molecule has 0 radical (unpaired) electrons. The molecule has 154 valence electrons. The third kappa shape index (κ3) is 5.30. The van der Waals surface area contributed by atoms with Crippen LogP contribution in [0.1, 0.15) is 5.56 Å². The van der Waals surface area contributed by atoms with Crippen molar-refractivity contribution in [3.8, 4) is 0 Å². The van der Waals surface area contributed by atoms with Gasteiger partial charge < -0.3 is 4.74 Å². The zero-order valence-corrected chi connectivity index (χ0v) is 17.9. The van der Waals surface area contributed by atoms with Gasteiger partial charge in [-0.15, -0.1) is 11.8 Å². The molecule has 0 spiro atoms. The molecule has 2 aromatic carbocycles. The first kappa shape index (κ1) is 21.6. The summed E-state index contributed by atoms with van der Waals surface area (Å²) in [5, 5.41) is 0.618. The van der Waals surface area contributed by atoms with Crippen LogP contribution in [0.3, 0.4) is 0 Å². The first-order chi connectivity index (χ1) is 13.8. The molecule has 7 nitrogen and oxygen atoms in total. The summed E-state index contributed by atoms with van der Waals surface area (Å²) in [6.07, 6.45) is 0.504. The lowest BCUT2D eigenvalue weighted by atomic mass is 10.2. The van der Waals surface area contributed by atoms with Gasteiger partial charge in [0.25, 0.3) is 0 Å². The Labute approximate surface area is 178 Å². The van der Waals surface area contributed by atoms with Gasteiger partial charge >= 0.3 is 5.97 Å². The Bertz CT molecular complexity index is 1030. The number of nitrogens with zero attached hydrogens (tertiary/aromatic N) is 1. The lowest BCUT2D eigenvalue weighted by Gasteiger charge is -2.28. The third-order valence-corrected chi connectivity index (χ3v) is 7.08. The van der Waals surface area contributed by atoms with Gasteiger partial charge in [0.1, 0.15) is 6.54 Å². The normalized spacial score (nSPS) is 13.9. The van der Waals surface area contributed by atoms with E-state index in [0.29, 0.717) is 17.1 Å². The molecule has 29 heavy (non-hydrogen) atoms. The molecule has 10 heteroatoms. The molecule has 0 bridgehead atoms. The minimum atomic E-state index is -3.79. The van der Waals surface area contributed by atoms with E-state index in [4.69, 9.17) is 11.6 Å². The molecule has 0 saturated heterocycles. The van der Waals surface area contributed by atoms with E-state index in [-0.39, 0.29) is 29.6 Å². The molecule has 0 atom stereocenters. The SMILES string of the molecule is COC(=O)CN1C(=O)CSc2ccc(S(=O)(=O)NCCc3ccc(Cl)cc3)cc21. The number of carbonyl (C=O) groups is 2. The predicted molar refractivity (Wildman–Crippen MR) is 112 cm³/mol. The van der Waals surface area contributed by atoms with Crippen LogP contribution in [0.15, 0.2) is 52.3 Å². The second kappa shape index (κ2) is 9.17. The van der Waals surface area contributed by atoms with Crippen LogP contribution < -0.4 is 9.62 Å². The monoisotopic (exact) mass is 454 g/mol. The fourth-order valence-corrected chi connectivity index (χ4v) is 4.87. The molecule has 2 aromatic rings. The molecule has 0 unspecified atom stereocenters. The van der Waals surface area contributed by atoms with Crippen molar-refractivity contribution in [2.24, 2.45) is 0 Å². The van der Waals surface area contributed by atoms with Crippen molar-refractivity contribution in [3.63, 3.8) is 0 Å². The number of methoxy groups -OCH3 is 1. The summed E-state index contributed by atoms with van der Waals surface area (Å²) < 4.78 is 32.6. The molecule has 1 aliphatic heterocycles. The highest BCUT2D eigenvalue weighted by Gasteiger charge is 2.28. The third-order valence-electron chi connectivity index (χ3n) is 4.32. The van der Waals surface area contributed by atoms with Gasteiger partial charge in [-0.1, -0.05) is 23.7 Å². The van der Waals surface area contributed by atoms with E-state index in [1.165, 1.54) is 35.9 Å². The highest BCUT2D eigenvalue weighted by molar-refractivity contribution is 8.00. The number of ether oxygens (including phenoxy) is 1. The summed E-state index contributed by atoms with van der Waals surface area (Å²) in [5.74, 6) is -0.682. The van der Waals surface area contributed by atoms with Crippen LogP contribution in [0.5, 0.6) is 0 Å². The molecule has 0 saturated carbocycles. The van der Waals surface area contributed by atoms with Crippen molar-refractivity contribution in [2.75, 3.05) is 30.9 Å². The minimum absolute atomic E-state index is 0.0255. The molecule has 1 amide bonds. The number of hydrogen-bond acceptors (Lipinski definition) is 6.